The van der Waals surface area contributed by atoms with Gasteiger partial charge in [0, 0.05) is 37.7 Å². The Morgan fingerprint density at radius 3 is 2.34 bits per heavy atom. The Labute approximate surface area is 241 Å². The van der Waals surface area contributed by atoms with Crippen LogP contribution in [0.2, 0.25) is 0 Å². The van der Waals surface area contributed by atoms with Gasteiger partial charge in [0.15, 0.2) is 0 Å². The minimum Gasteiger partial charge on any atom is -0.389 e. The molecule has 0 bridgehead atoms. The van der Waals surface area contributed by atoms with Crippen LogP contribution in [0.1, 0.15) is 57.1 Å². The largest absolute Gasteiger partial charge is 0.389 e. The molecule has 0 spiro atoms. The molecule has 1 unspecified atom stereocenters. The van der Waals surface area contributed by atoms with Crippen LogP contribution in [0.4, 0.5) is 8.78 Å². The Kier molecular flexibility index (Phi) is 11.2. The fraction of sp³-hybridized carbons (Fsp3) is 0.562. The number of ether oxygens (including phenoxy) is 1. The highest BCUT2D eigenvalue weighted by atomic mass is 19.1. The van der Waals surface area contributed by atoms with Crippen molar-refractivity contribution in [2.75, 3.05) is 19.6 Å². The van der Waals surface area contributed by atoms with E-state index in [-0.39, 0.29) is 42.2 Å². The molecule has 2 saturated heterocycles. The van der Waals surface area contributed by atoms with Crippen LogP contribution in [0.15, 0.2) is 48.5 Å². The molecule has 4 rings (SSSR count). The van der Waals surface area contributed by atoms with Crippen LogP contribution in [0.3, 0.4) is 0 Å². The number of rotatable bonds is 14. The third kappa shape index (κ3) is 8.56. The standard InChI is InChI=1S/C32H43F2N3O4/c1-3-8-23(9-4-2)32(40)37-18-24(19-37)31(39)36-29(14-22-12-25(33)15-26(34)13-22)30(38)28-16-27(17-35-28)41-20-21-10-6-5-7-11-21/h5-7,10-13,15,23-24,27-30,35,38H,3-4,8-9,14,16-20H2,1-2H3,(H,36,39)/t27-,28-,29+,30?/m1/s1. The lowest BCUT2D eigenvalue weighted by molar-refractivity contribution is -0.147. The Balaban J connectivity index is 1.37. The molecule has 2 aromatic carbocycles. The topological polar surface area (TPSA) is 90.9 Å². The van der Waals surface area contributed by atoms with Crippen LogP contribution >= 0.6 is 0 Å². The Bertz CT molecular complexity index is 1120. The summed E-state index contributed by atoms with van der Waals surface area (Å²) in [6.07, 6.45) is 2.98. The van der Waals surface area contributed by atoms with E-state index < -0.39 is 23.8 Å². The van der Waals surface area contributed by atoms with Crippen molar-refractivity contribution in [1.29, 1.82) is 0 Å². The Hall–Kier alpha value is -2.88. The smallest absolute Gasteiger partial charge is 0.227 e. The summed E-state index contributed by atoms with van der Waals surface area (Å²) in [5.74, 6) is -2.00. The van der Waals surface area contributed by atoms with Crippen LogP contribution in [-0.4, -0.2) is 65.7 Å². The molecule has 7 nitrogen and oxygen atoms in total. The van der Waals surface area contributed by atoms with Crippen molar-refractivity contribution in [3.8, 4) is 0 Å². The number of hydrogen-bond acceptors (Lipinski definition) is 5. The quantitative estimate of drug-likeness (QED) is 0.319. The average Bonchev–Trinajstić information content (AvgIpc) is 3.39. The van der Waals surface area contributed by atoms with Gasteiger partial charge in [0.2, 0.25) is 11.8 Å². The lowest BCUT2D eigenvalue weighted by Crippen LogP contribution is -2.60. The van der Waals surface area contributed by atoms with Crippen molar-refractivity contribution in [2.24, 2.45) is 11.8 Å². The van der Waals surface area contributed by atoms with E-state index in [0.717, 1.165) is 37.3 Å². The number of carbonyl (C=O) groups is 2. The molecule has 2 heterocycles. The predicted molar refractivity (Wildman–Crippen MR) is 153 cm³/mol. The summed E-state index contributed by atoms with van der Waals surface area (Å²) in [4.78, 5) is 27.9. The first-order chi connectivity index (χ1) is 19.8. The number of benzene rings is 2. The second-order valence-corrected chi connectivity index (χ2v) is 11.5. The molecule has 224 valence electrons. The number of amides is 2. The normalized spacial score (nSPS) is 20.6. The SMILES string of the molecule is CCCC(CCC)C(=O)N1CC(C(=O)N[C@@H](Cc2cc(F)cc(F)c2)C(O)[C@H]2C[C@@H](OCc3ccccc3)CN2)C1. The highest BCUT2D eigenvalue weighted by molar-refractivity contribution is 5.85. The summed E-state index contributed by atoms with van der Waals surface area (Å²) < 4.78 is 33.9. The third-order valence-corrected chi connectivity index (χ3v) is 8.17. The summed E-state index contributed by atoms with van der Waals surface area (Å²) in [5, 5.41) is 17.6. The van der Waals surface area contributed by atoms with Crippen molar-refractivity contribution < 1.29 is 28.2 Å². The number of likely N-dealkylation sites (tertiary alicyclic amines) is 1. The van der Waals surface area contributed by atoms with Gasteiger partial charge in [-0.3, -0.25) is 9.59 Å². The zero-order chi connectivity index (χ0) is 29.4. The molecule has 0 radical (unpaired) electrons. The van der Waals surface area contributed by atoms with E-state index in [0.29, 0.717) is 38.2 Å². The molecule has 2 aliphatic rings. The Morgan fingerprint density at radius 1 is 1.05 bits per heavy atom. The molecule has 0 aliphatic carbocycles. The zero-order valence-corrected chi connectivity index (χ0v) is 24.0. The number of aliphatic hydroxyl groups is 1. The number of halogens is 2. The van der Waals surface area contributed by atoms with Gasteiger partial charge in [0.1, 0.15) is 11.6 Å². The fourth-order valence-electron chi connectivity index (χ4n) is 5.90. The maximum Gasteiger partial charge on any atom is 0.227 e. The van der Waals surface area contributed by atoms with Crippen molar-refractivity contribution in [2.45, 2.75) is 83.3 Å². The van der Waals surface area contributed by atoms with E-state index >= 15 is 0 Å². The molecule has 3 N–H and O–H groups in total. The van der Waals surface area contributed by atoms with Crippen molar-refractivity contribution >= 4 is 11.8 Å². The van der Waals surface area contributed by atoms with Gasteiger partial charge in [0.05, 0.1) is 30.8 Å². The molecule has 0 aromatic heterocycles. The molecular formula is C32H43F2N3O4. The number of aliphatic hydroxyl groups excluding tert-OH is 1. The third-order valence-electron chi connectivity index (χ3n) is 8.17. The summed E-state index contributed by atoms with van der Waals surface area (Å²) >= 11 is 0. The van der Waals surface area contributed by atoms with Gasteiger partial charge in [-0.05, 0) is 48.9 Å². The second-order valence-electron chi connectivity index (χ2n) is 11.5. The van der Waals surface area contributed by atoms with Crippen LogP contribution in [0.5, 0.6) is 0 Å². The van der Waals surface area contributed by atoms with E-state index in [1.165, 1.54) is 12.1 Å². The minimum atomic E-state index is -1.02. The molecule has 2 amide bonds. The maximum atomic E-state index is 13.9. The lowest BCUT2D eigenvalue weighted by Gasteiger charge is -2.41. The van der Waals surface area contributed by atoms with E-state index in [1.54, 1.807) is 4.90 Å². The van der Waals surface area contributed by atoms with Crippen LogP contribution in [0, 0.1) is 23.5 Å². The molecular weight excluding hydrogens is 528 g/mol. The van der Waals surface area contributed by atoms with Gasteiger partial charge in [-0.15, -0.1) is 0 Å². The zero-order valence-electron chi connectivity index (χ0n) is 24.0. The van der Waals surface area contributed by atoms with Gasteiger partial charge < -0.3 is 25.4 Å². The fourth-order valence-corrected chi connectivity index (χ4v) is 5.90. The van der Waals surface area contributed by atoms with E-state index in [9.17, 15) is 23.5 Å². The number of nitrogens with zero attached hydrogens (tertiary/aromatic N) is 1. The Morgan fingerprint density at radius 2 is 1.71 bits per heavy atom. The summed E-state index contributed by atoms with van der Waals surface area (Å²) in [7, 11) is 0. The second kappa shape index (κ2) is 14.8. The number of carbonyl (C=O) groups excluding carboxylic acids is 2. The van der Waals surface area contributed by atoms with Crippen LogP contribution in [-0.2, 0) is 27.4 Å². The molecule has 0 saturated carbocycles. The first-order valence-electron chi connectivity index (χ1n) is 14.9. The van der Waals surface area contributed by atoms with Crippen molar-refractivity contribution in [3.63, 3.8) is 0 Å². The molecule has 2 aliphatic heterocycles. The first kappa shape index (κ1) is 31.1. The maximum absolute atomic E-state index is 13.9. The van der Waals surface area contributed by atoms with Crippen molar-refractivity contribution in [3.05, 3.63) is 71.3 Å². The van der Waals surface area contributed by atoms with Crippen molar-refractivity contribution in [1.82, 2.24) is 15.5 Å². The van der Waals surface area contributed by atoms with Crippen LogP contribution in [0.25, 0.3) is 0 Å². The summed E-state index contributed by atoms with van der Waals surface area (Å²) in [6.45, 7) is 5.80. The number of nitrogens with one attached hydrogen (secondary N) is 2. The van der Waals surface area contributed by atoms with Gasteiger partial charge in [-0.25, -0.2) is 8.78 Å². The molecule has 4 atom stereocenters. The van der Waals surface area contributed by atoms with Gasteiger partial charge in [-0.2, -0.15) is 0 Å². The lowest BCUT2D eigenvalue weighted by atomic mass is 9.90. The summed E-state index contributed by atoms with van der Waals surface area (Å²) in [5.41, 5.74) is 1.40. The van der Waals surface area contributed by atoms with E-state index in [2.05, 4.69) is 24.5 Å². The predicted octanol–water partition coefficient (Wildman–Crippen LogP) is 3.98. The monoisotopic (exact) mass is 571 g/mol. The highest BCUT2D eigenvalue weighted by Gasteiger charge is 2.40. The average molecular weight is 572 g/mol. The molecule has 2 aromatic rings. The van der Waals surface area contributed by atoms with Gasteiger partial charge >= 0.3 is 0 Å². The summed E-state index contributed by atoms with van der Waals surface area (Å²) in [6, 6.07) is 11.9. The van der Waals surface area contributed by atoms with E-state index in [4.69, 9.17) is 4.74 Å². The first-order valence-corrected chi connectivity index (χ1v) is 14.9. The van der Waals surface area contributed by atoms with Gasteiger partial charge in [-0.1, -0.05) is 57.0 Å². The van der Waals surface area contributed by atoms with Gasteiger partial charge in [0.25, 0.3) is 0 Å². The molecule has 41 heavy (non-hydrogen) atoms. The number of hydrogen-bond donors (Lipinski definition) is 3. The highest BCUT2D eigenvalue weighted by Crippen LogP contribution is 2.25. The van der Waals surface area contributed by atoms with E-state index in [1.807, 2.05) is 30.3 Å². The van der Waals surface area contributed by atoms with Crippen LogP contribution < -0.4 is 10.6 Å². The molecule has 9 heteroatoms. The molecule has 2 fully saturated rings. The minimum absolute atomic E-state index is 0.0167.